The van der Waals surface area contributed by atoms with Crippen molar-refractivity contribution in [2.45, 2.75) is 13.3 Å². The van der Waals surface area contributed by atoms with Gasteiger partial charge in [-0.2, -0.15) is 0 Å². The van der Waals surface area contributed by atoms with Crippen molar-refractivity contribution in [1.29, 1.82) is 0 Å². The highest BCUT2D eigenvalue weighted by Gasteiger charge is 2.17. The van der Waals surface area contributed by atoms with E-state index in [2.05, 4.69) is 40.5 Å². The minimum atomic E-state index is 0.597. The van der Waals surface area contributed by atoms with Crippen LogP contribution in [0.4, 0.5) is 5.82 Å². The summed E-state index contributed by atoms with van der Waals surface area (Å²) in [6.07, 6.45) is 10.9. The number of aliphatic imine (C=N–C) groups is 1. The third-order valence-electron chi connectivity index (χ3n) is 5.42. The van der Waals surface area contributed by atoms with Gasteiger partial charge in [0.15, 0.2) is 5.82 Å². The molecular weight excluding hydrogens is 396 g/mol. The Morgan fingerprint density at radius 1 is 1.38 bits per heavy atom. The van der Waals surface area contributed by atoms with Crippen LogP contribution >= 0.6 is 0 Å². The Bertz CT molecular complexity index is 1010. The highest BCUT2D eigenvalue weighted by atomic mass is 15.0. The summed E-state index contributed by atoms with van der Waals surface area (Å²) >= 11 is 0. The van der Waals surface area contributed by atoms with Crippen molar-refractivity contribution in [2.24, 2.45) is 10.9 Å². The first kappa shape index (κ1) is 23.4. The number of allylic oxidation sites excluding steroid dienone is 4. The third-order valence-corrected chi connectivity index (χ3v) is 5.42. The molecule has 0 saturated carbocycles. The third kappa shape index (κ3) is 5.92. The fourth-order valence-electron chi connectivity index (χ4n) is 3.78. The van der Waals surface area contributed by atoms with Gasteiger partial charge in [-0.25, -0.2) is 9.97 Å². The molecule has 1 aliphatic rings. The Kier molecular flexibility index (Phi) is 8.34. The molecule has 1 fully saturated rings. The number of rotatable bonds is 9. The molecule has 1 aliphatic heterocycles. The van der Waals surface area contributed by atoms with Gasteiger partial charge in [0.2, 0.25) is 0 Å². The summed E-state index contributed by atoms with van der Waals surface area (Å²) in [7, 11) is 5.81. The second-order valence-corrected chi connectivity index (χ2v) is 8.14. The molecule has 6 nitrogen and oxygen atoms in total. The van der Waals surface area contributed by atoms with Gasteiger partial charge in [-0.1, -0.05) is 36.9 Å². The normalized spacial score (nSPS) is 17.1. The van der Waals surface area contributed by atoms with E-state index in [1.807, 2.05) is 62.5 Å². The maximum Gasteiger partial charge on any atom is 0.161 e. The molecular formula is C26H34N6. The first-order valence-corrected chi connectivity index (χ1v) is 11.1. The van der Waals surface area contributed by atoms with Crippen molar-refractivity contribution >= 4 is 17.1 Å². The van der Waals surface area contributed by atoms with Gasteiger partial charge in [0.05, 0.1) is 11.3 Å². The van der Waals surface area contributed by atoms with Crippen molar-refractivity contribution < 1.29 is 0 Å². The molecule has 1 aromatic heterocycles. The molecule has 2 aromatic rings. The van der Waals surface area contributed by atoms with Gasteiger partial charge in [-0.15, -0.1) is 0 Å². The van der Waals surface area contributed by atoms with E-state index in [-0.39, 0.29) is 0 Å². The van der Waals surface area contributed by atoms with E-state index >= 15 is 0 Å². The Labute approximate surface area is 191 Å². The molecule has 3 rings (SSSR count). The summed E-state index contributed by atoms with van der Waals surface area (Å²) in [5, 5.41) is 7.00. The Balaban J connectivity index is 1.99. The lowest BCUT2D eigenvalue weighted by Crippen LogP contribution is -2.19. The number of anilines is 1. The second-order valence-electron chi connectivity index (χ2n) is 8.14. The molecule has 2 N–H and O–H groups in total. The zero-order valence-corrected chi connectivity index (χ0v) is 19.6. The number of benzene rings is 1. The van der Waals surface area contributed by atoms with Gasteiger partial charge >= 0.3 is 0 Å². The summed E-state index contributed by atoms with van der Waals surface area (Å²) in [4.78, 5) is 16.1. The van der Waals surface area contributed by atoms with Crippen LogP contribution in [0.2, 0.25) is 0 Å². The zero-order valence-electron chi connectivity index (χ0n) is 19.6. The van der Waals surface area contributed by atoms with E-state index in [1.54, 1.807) is 7.05 Å². The van der Waals surface area contributed by atoms with E-state index in [1.165, 1.54) is 6.42 Å². The maximum absolute atomic E-state index is 4.93. The fraction of sp³-hybridized carbons (Fsp3) is 0.346. The van der Waals surface area contributed by atoms with Crippen molar-refractivity contribution in [3.8, 4) is 11.4 Å². The molecule has 32 heavy (non-hydrogen) atoms. The minimum Gasteiger partial charge on any atom is -0.383 e. The van der Waals surface area contributed by atoms with Gasteiger partial charge < -0.3 is 15.5 Å². The number of aromatic nitrogens is 2. The molecule has 0 aliphatic carbocycles. The Morgan fingerprint density at radius 2 is 2.22 bits per heavy atom. The fourth-order valence-corrected chi connectivity index (χ4v) is 3.78. The SMILES string of the molecule is C=C/C(=C\N(C)C)c1cccc(-c2ncc(C(/C=C\C)=N/C)c(NC[C@H]3CCNC3)n2)c1. The summed E-state index contributed by atoms with van der Waals surface area (Å²) in [6, 6.07) is 8.26. The van der Waals surface area contributed by atoms with Crippen LogP contribution in [-0.4, -0.2) is 61.4 Å². The summed E-state index contributed by atoms with van der Waals surface area (Å²) in [5.74, 6) is 2.10. The lowest BCUT2D eigenvalue weighted by Gasteiger charge is -2.15. The van der Waals surface area contributed by atoms with Gasteiger partial charge in [-0.05, 0) is 55.6 Å². The number of nitrogens with zero attached hydrogens (tertiary/aromatic N) is 4. The van der Waals surface area contributed by atoms with Gasteiger partial charge in [0, 0.05) is 45.6 Å². The molecule has 0 radical (unpaired) electrons. The van der Waals surface area contributed by atoms with Gasteiger partial charge in [0.1, 0.15) is 5.82 Å². The zero-order chi connectivity index (χ0) is 22.9. The molecule has 6 heteroatoms. The van der Waals surface area contributed by atoms with Crippen molar-refractivity contribution in [1.82, 2.24) is 20.2 Å². The van der Waals surface area contributed by atoms with Crippen LogP contribution in [0.1, 0.15) is 24.5 Å². The summed E-state index contributed by atoms with van der Waals surface area (Å²) in [6.45, 7) is 8.94. The number of hydrogen-bond donors (Lipinski definition) is 2. The highest BCUT2D eigenvalue weighted by molar-refractivity contribution is 6.11. The van der Waals surface area contributed by atoms with Crippen LogP contribution < -0.4 is 10.6 Å². The average molecular weight is 431 g/mol. The van der Waals surface area contributed by atoms with E-state index in [4.69, 9.17) is 9.97 Å². The lowest BCUT2D eigenvalue weighted by molar-refractivity contribution is 0.566. The minimum absolute atomic E-state index is 0.597. The van der Waals surface area contributed by atoms with Crippen LogP contribution in [0.3, 0.4) is 0 Å². The molecule has 1 atom stereocenters. The average Bonchev–Trinajstić information content (AvgIpc) is 3.33. The van der Waals surface area contributed by atoms with Gasteiger partial charge in [0.25, 0.3) is 0 Å². The van der Waals surface area contributed by atoms with Crippen LogP contribution in [0, 0.1) is 5.92 Å². The molecule has 168 valence electrons. The Hall–Kier alpha value is -3.25. The smallest absolute Gasteiger partial charge is 0.161 e. The number of nitrogens with one attached hydrogen (secondary N) is 2. The van der Waals surface area contributed by atoms with E-state index in [0.29, 0.717) is 11.7 Å². The van der Waals surface area contributed by atoms with Gasteiger partial charge in [-0.3, -0.25) is 4.99 Å². The largest absolute Gasteiger partial charge is 0.383 e. The highest BCUT2D eigenvalue weighted by Crippen LogP contribution is 2.25. The predicted octanol–water partition coefficient (Wildman–Crippen LogP) is 4.25. The molecule has 1 saturated heterocycles. The number of hydrogen-bond acceptors (Lipinski definition) is 6. The van der Waals surface area contributed by atoms with Crippen molar-refractivity contribution in [2.75, 3.05) is 46.1 Å². The maximum atomic E-state index is 4.93. The van der Waals surface area contributed by atoms with Crippen LogP contribution in [0.25, 0.3) is 17.0 Å². The van der Waals surface area contributed by atoms with Crippen LogP contribution in [-0.2, 0) is 0 Å². The van der Waals surface area contributed by atoms with E-state index < -0.39 is 0 Å². The predicted molar refractivity (Wildman–Crippen MR) is 136 cm³/mol. The summed E-state index contributed by atoms with van der Waals surface area (Å²) in [5.41, 5.74) is 4.87. The monoisotopic (exact) mass is 430 g/mol. The van der Waals surface area contributed by atoms with Crippen molar-refractivity contribution in [3.63, 3.8) is 0 Å². The first-order valence-electron chi connectivity index (χ1n) is 11.1. The van der Waals surface area contributed by atoms with Crippen molar-refractivity contribution in [3.05, 3.63) is 72.6 Å². The topological polar surface area (TPSA) is 65.4 Å². The van der Waals surface area contributed by atoms with Crippen LogP contribution in [0.15, 0.2) is 66.5 Å². The molecule has 0 bridgehead atoms. The quantitative estimate of drug-likeness (QED) is 0.460. The molecule has 0 unspecified atom stereocenters. The molecule has 0 amide bonds. The molecule has 2 heterocycles. The Morgan fingerprint density at radius 3 is 2.88 bits per heavy atom. The molecule has 1 aromatic carbocycles. The summed E-state index contributed by atoms with van der Waals surface area (Å²) < 4.78 is 0. The standard InChI is InChI=1S/C26H34N6/c1-6-9-24(27-3)23-17-30-25(31-26(23)29-16-19-12-13-28-15-19)22-11-8-10-21(14-22)20(7-2)18-32(4)5/h6-11,14,17-19,28H,2,12-13,15-16H2,1,3-5H3,(H,29,30,31)/b9-6-,20-18+,27-24+/t19-/m0/s1. The van der Waals surface area contributed by atoms with E-state index in [9.17, 15) is 0 Å². The second kappa shape index (κ2) is 11.4. The first-order chi connectivity index (χ1) is 15.5. The molecule has 0 spiro atoms. The van der Waals surface area contributed by atoms with E-state index in [0.717, 1.165) is 53.4 Å². The van der Waals surface area contributed by atoms with Crippen LogP contribution in [0.5, 0.6) is 0 Å². The lowest BCUT2D eigenvalue weighted by atomic mass is 10.0.